The lowest BCUT2D eigenvalue weighted by molar-refractivity contribution is 0.219. The van der Waals surface area contributed by atoms with Crippen molar-refractivity contribution in [3.8, 4) is 0 Å². The molecule has 0 bridgehead atoms. The molecule has 7 heteroatoms. The Bertz CT molecular complexity index is 586. The number of aromatic nitrogens is 2. The minimum atomic E-state index is -0.506. The number of anilines is 2. The Balaban J connectivity index is 2.23. The van der Waals surface area contributed by atoms with Gasteiger partial charge in [-0.3, -0.25) is 14.3 Å². The van der Waals surface area contributed by atoms with E-state index in [0.29, 0.717) is 13.1 Å². The van der Waals surface area contributed by atoms with Gasteiger partial charge >= 0.3 is 5.69 Å². The summed E-state index contributed by atoms with van der Waals surface area (Å²) < 4.78 is 1.38. The number of nitrogens with one attached hydrogen (secondary N) is 2. The van der Waals surface area contributed by atoms with Gasteiger partial charge in [0.15, 0.2) is 0 Å². The average Bonchev–Trinajstić information content (AvgIpc) is 3.18. The Labute approximate surface area is 116 Å². The quantitative estimate of drug-likeness (QED) is 0.566. The van der Waals surface area contributed by atoms with E-state index < -0.39 is 11.2 Å². The van der Waals surface area contributed by atoms with Gasteiger partial charge in [-0.15, -0.1) is 0 Å². The van der Waals surface area contributed by atoms with Crippen molar-refractivity contribution in [3.63, 3.8) is 0 Å². The SMILES string of the molecule is CCCCn1c(N)c(NCC2(CO)CC2)c(=O)[nH]c1=O. The molecule has 0 spiro atoms. The second kappa shape index (κ2) is 5.70. The fraction of sp³-hybridized carbons (Fsp3) is 0.692. The summed E-state index contributed by atoms with van der Waals surface area (Å²) in [5.41, 5.74) is 5.04. The molecular formula is C13H22N4O3. The van der Waals surface area contributed by atoms with Crippen LogP contribution in [0, 0.1) is 5.41 Å². The molecule has 0 unspecified atom stereocenters. The average molecular weight is 282 g/mol. The van der Waals surface area contributed by atoms with E-state index in [1.54, 1.807) is 0 Å². The molecule has 1 aliphatic carbocycles. The van der Waals surface area contributed by atoms with Crippen LogP contribution in [-0.2, 0) is 6.54 Å². The topological polar surface area (TPSA) is 113 Å². The molecule has 20 heavy (non-hydrogen) atoms. The zero-order valence-electron chi connectivity index (χ0n) is 11.7. The largest absolute Gasteiger partial charge is 0.396 e. The standard InChI is InChI=1S/C13H22N4O3/c1-2-3-6-17-10(14)9(11(19)16-12(17)20)15-7-13(8-18)4-5-13/h15,18H,2-8,14H2,1H3,(H,16,19,20). The van der Waals surface area contributed by atoms with Crippen molar-refractivity contribution in [2.75, 3.05) is 24.2 Å². The molecule has 2 rings (SSSR count). The van der Waals surface area contributed by atoms with Crippen LogP contribution in [0.3, 0.4) is 0 Å². The van der Waals surface area contributed by atoms with Crippen molar-refractivity contribution in [1.29, 1.82) is 0 Å². The highest BCUT2D eigenvalue weighted by Gasteiger charge is 2.41. The molecule has 1 fully saturated rings. The Hall–Kier alpha value is -1.76. The smallest absolute Gasteiger partial charge is 0.330 e. The molecule has 1 heterocycles. The van der Waals surface area contributed by atoms with Crippen LogP contribution in [-0.4, -0.2) is 27.8 Å². The van der Waals surface area contributed by atoms with Crippen LogP contribution in [0.2, 0.25) is 0 Å². The molecule has 0 atom stereocenters. The molecule has 1 aliphatic rings. The normalized spacial score (nSPS) is 16.1. The number of nitrogens with two attached hydrogens (primary N) is 1. The number of H-pyrrole nitrogens is 1. The Kier molecular flexibility index (Phi) is 4.17. The summed E-state index contributed by atoms with van der Waals surface area (Å²) in [4.78, 5) is 25.9. The molecule has 0 amide bonds. The van der Waals surface area contributed by atoms with E-state index in [1.165, 1.54) is 4.57 Å². The minimum absolute atomic E-state index is 0.0906. The molecule has 1 aromatic rings. The first-order valence-electron chi connectivity index (χ1n) is 7.00. The van der Waals surface area contributed by atoms with E-state index >= 15 is 0 Å². The molecule has 0 saturated heterocycles. The highest BCUT2D eigenvalue weighted by Crippen LogP contribution is 2.44. The maximum atomic E-state index is 11.8. The van der Waals surface area contributed by atoms with Gasteiger partial charge in [-0.05, 0) is 19.3 Å². The highest BCUT2D eigenvalue weighted by atomic mass is 16.3. The van der Waals surface area contributed by atoms with Crippen LogP contribution in [0.5, 0.6) is 0 Å². The molecule has 0 aliphatic heterocycles. The van der Waals surface area contributed by atoms with Gasteiger partial charge in [0.2, 0.25) is 0 Å². The van der Waals surface area contributed by atoms with Gasteiger partial charge in [0.25, 0.3) is 5.56 Å². The first-order valence-corrected chi connectivity index (χ1v) is 7.00. The lowest BCUT2D eigenvalue weighted by Crippen LogP contribution is -2.35. The molecule has 7 nitrogen and oxygen atoms in total. The Morgan fingerprint density at radius 3 is 2.70 bits per heavy atom. The van der Waals surface area contributed by atoms with E-state index in [-0.39, 0.29) is 23.5 Å². The lowest BCUT2D eigenvalue weighted by Gasteiger charge is -2.16. The van der Waals surface area contributed by atoms with Gasteiger partial charge in [0.1, 0.15) is 11.5 Å². The fourth-order valence-electron chi connectivity index (χ4n) is 2.14. The second-order valence-corrected chi connectivity index (χ2v) is 5.54. The summed E-state index contributed by atoms with van der Waals surface area (Å²) in [5, 5.41) is 12.3. The third-order valence-corrected chi connectivity index (χ3v) is 3.91. The molecule has 1 aromatic heterocycles. The Morgan fingerprint density at radius 2 is 2.15 bits per heavy atom. The summed E-state index contributed by atoms with van der Waals surface area (Å²) in [6, 6.07) is 0. The molecule has 0 aromatic carbocycles. The number of nitrogens with zero attached hydrogens (tertiary/aromatic N) is 1. The first kappa shape index (κ1) is 14.6. The molecule has 1 saturated carbocycles. The van der Waals surface area contributed by atoms with Crippen LogP contribution < -0.4 is 22.3 Å². The molecular weight excluding hydrogens is 260 g/mol. The van der Waals surface area contributed by atoms with Crippen LogP contribution in [0.4, 0.5) is 11.5 Å². The lowest BCUT2D eigenvalue weighted by atomic mass is 10.1. The van der Waals surface area contributed by atoms with Crippen LogP contribution in [0.1, 0.15) is 32.6 Å². The second-order valence-electron chi connectivity index (χ2n) is 5.54. The van der Waals surface area contributed by atoms with Crippen LogP contribution >= 0.6 is 0 Å². The third-order valence-electron chi connectivity index (χ3n) is 3.91. The summed E-state index contributed by atoms with van der Waals surface area (Å²) in [6.45, 7) is 3.08. The summed E-state index contributed by atoms with van der Waals surface area (Å²) in [5.74, 6) is 0.168. The van der Waals surface area contributed by atoms with Crippen molar-refractivity contribution < 1.29 is 5.11 Å². The maximum Gasteiger partial charge on any atom is 0.330 e. The van der Waals surface area contributed by atoms with Gasteiger partial charge in [-0.2, -0.15) is 0 Å². The van der Waals surface area contributed by atoms with Crippen LogP contribution in [0.15, 0.2) is 9.59 Å². The van der Waals surface area contributed by atoms with Crippen molar-refractivity contribution >= 4 is 11.5 Å². The number of aliphatic hydroxyl groups excluding tert-OH is 1. The van der Waals surface area contributed by atoms with E-state index in [0.717, 1.165) is 25.7 Å². The number of nitrogen functional groups attached to an aromatic ring is 1. The number of unbranched alkanes of at least 4 members (excludes halogenated alkanes) is 1. The van der Waals surface area contributed by atoms with Crippen molar-refractivity contribution in [2.24, 2.45) is 5.41 Å². The van der Waals surface area contributed by atoms with Crippen molar-refractivity contribution in [3.05, 3.63) is 20.8 Å². The highest BCUT2D eigenvalue weighted by molar-refractivity contribution is 5.60. The molecule has 5 N–H and O–H groups in total. The Morgan fingerprint density at radius 1 is 1.45 bits per heavy atom. The maximum absolute atomic E-state index is 11.8. The summed E-state index contributed by atoms with van der Waals surface area (Å²) in [6.07, 6.45) is 3.62. The summed E-state index contributed by atoms with van der Waals surface area (Å²) in [7, 11) is 0. The first-order chi connectivity index (χ1) is 9.53. The molecule has 112 valence electrons. The third kappa shape index (κ3) is 2.87. The van der Waals surface area contributed by atoms with Gasteiger partial charge in [-0.25, -0.2) is 4.79 Å². The molecule has 0 radical (unpaired) electrons. The van der Waals surface area contributed by atoms with E-state index in [9.17, 15) is 14.7 Å². The number of rotatable bonds is 7. The van der Waals surface area contributed by atoms with E-state index in [4.69, 9.17) is 5.73 Å². The number of aromatic amines is 1. The predicted molar refractivity (Wildman–Crippen MR) is 77.9 cm³/mol. The van der Waals surface area contributed by atoms with Gasteiger partial charge < -0.3 is 16.2 Å². The zero-order valence-corrected chi connectivity index (χ0v) is 11.7. The van der Waals surface area contributed by atoms with Gasteiger partial charge in [0, 0.05) is 18.5 Å². The predicted octanol–water partition coefficient (Wildman–Crippen LogP) is 0.103. The summed E-state index contributed by atoms with van der Waals surface area (Å²) >= 11 is 0. The monoisotopic (exact) mass is 282 g/mol. The van der Waals surface area contributed by atoms with Gasteiger partial charge in [-0.1, -0.05) is 13.3 Å². The van der Waals surface area contributed by atoms with Crippen molar-refractivity contribution in [1.82, 2.24) is 9.55 Å². The van der Waals surface area contributed by atoms with E-state index in [1.807, 2.05) is 6.92 Å². The van der Waals surface area contributed by atoms with Crippen molar-refractivity contribution in [2.45, 2.75) is 39.2 Å². The number of hydrogen-bond acceptors (Lipinski definition) is 5. The van der Waals surface area contributed by atoms with Gasteiger partial charge in [0.05, 0.1) is 6.61 Å². The zero-order chi connectivity index (χ0) is 14.8. The van der Waals surface area contributed by atoms with E-state index in [2.05, 4.69) is 10.3 Å². The van der Waals surface area contributed by atoms with Crippen LogP contribution in [0.25, 0.3) is 0 Å². The number of hydrogen-bond donors (Lipinski definition) is 4. The minimum Gasteiger partial charge on any atom is -0.396 e. The fourth-order valence-corrected chi connectivity index (χ4v) is 2.14. The number of aliphatic hydroxyl groups is 1.